The number of hydrogen-bond donors (Lipinski definition) is 1. The molecule has 1 N–H and O–H groups in total. The van der Waals surface area contributed by atoms with Crippen LogP contribution in [0.2, 0.25) is 0 Å². The summed E-state index contributed by atoms with van der Waals surface area (Å²) in [5.41, 5.74) is 0. The highest BCUT2D eigenvalue weighted by molar-refractivity contribution is 4.53. The first-order valence-electron chi connectivity index (χ1n) is 9.55. The quantitative estimate of drug-likeness (QED) is 0.377. The predicted molar refractivity (Wildman–Crippen MR) is 99.1 cm³/mol. The molecule has 0 aromatic heterocycles. The fraction of sp³-hybridized carbons (Fsp3) is 1.00. The lowest BCUT2D eigenvalue weighted by Crippen LogP contribution is -2.22. The van der Waals surface area contributed by atoms with Crippen molar-refractivity contribution in [2.45, 2.75) is 77.8 Å². The van der Waals surface area contributed by atoms with Gasteiger partial charge in [-0.2, -0.15) is 0 Å². The molecule has 25 heavy (non-hydrogen) atoms. The minimum Gasteiger partial charge on any atom is -0.391 e. The van der Waals surface area contributed by atoms with Crippen molar-refractivity contribution >= 4 is 0 Å². The van der Waals surface area contributed by atoms with Crippen LogP contribution < -0.4 is 0 Å². The predicted octanol–water partition coefficient (Wildman–Crippen LogP) is 2.81. The SMILES string of the molecule is CO[C@H](C)CO[C@@H](C)COCCCCCCOC[C@H](C)OC[C@@H](C)O. The number of methoxy groups -OCH3 is 1. The molecule has 0 heterocycles. The number of rotatable bonds is 18. The van der Waals surface area contributed by atoms with E-state index in [2.05, 4.69) is 0 Å². The molecule has 0 aromatic carbocycles. The molecule has 0 aliphatic heterocycles. The van der Waals surface area contributed by atoms with Gasteiger partial charge in [-0.1, -0.05) is 12.8 Å². The summed E-state index contributed by atoms with van der Waals surface area (Å²) in [5.74, 6) is 0. The normalized spacial score (nSPS) is 16.6. The van der Waals surface area contributed by atoms with E-state index in [4.69, 9.17) is 28.8 Å². The van der Waals surface area contributed by atoms with Gasteiger partial charge in [0.05, 0.1) is 50.8 Å². The van der Waals surface area contributed by atoms with Gasteiger partial charge < -0.3 is 28.8 Å². The molecule has 0 unspecified atom stereocenters. The third kappa shape index (κ3) is 18.4. The van der Waals surface area contributed by atoms with Crippen LogP contribution in [-0.4, -0.2) is 76.3 Å². The van der Waals surface area contributed by atoms with Crippen molar-refractivity contribution in [3.8, 4) is 0 Å². The second-order valence-corrected chi connectivity index (χ2v) is 6.75. The molecular weight excluding hydrogens is 324 g/mol. The highest BCUT2D eigenvalue weighted by atomic mass is 16.6. The van der Waals surface area contributed by atoms with Gasteiger partial charge in [-0.15, -0.1) is 0 Å². The summed E-state index contributed by atoms with van der Waals surface area (Å²) in [7, 11) is 1.69. The van der Waals surface area contributed by atoms with Gasteiger partial charge in [0.25, 0.3) is 0 Å². The average Bonchev–Trinajstić information content (AvgIpc) is 2.59. The van der Waals surface area contributed by atoms with Gasteiger partial charge in [0.2, 0.25) is 0 Å². The van der Waals surface area contributed by atoms with E-state index < -0.39 is 6.10 Å². The van der Waals surface area contributed by atoms with Crippen LogP contribution in [-0.2, 0) is 23.7 Å². The summed E-state index contributed by atoms with van der Waals surface area (Å²) in [4.78, 5) is 0. The van der Waals surface area contributed by atoms with Crippen LogP contribution in [0.1, 0.15) is 53.4 Å². The van der Waals surface area contributed by atoms with Crippen LogP contribution in [0.15, 0.2) is 0 Å². The molecule has 0 saturated heterocycles. The van der Waals surface area contributed by atoms with E-state index in [1.54, 1.807) is 14.0 Å². The lowest BCUT2D eigenvalue weighted by molar-refractivity contribution is -0.0468. The van der Waals surface area contributed by atoms with Gasteiger partial charge in [-0.25, -0.2) is 0 Å². The van der Waals surface area contributed by atoms with Gasteiger partial charge in [-0.3, -0.25) is 0 Å². The van der Waals surface area contributed by atoms with E-state index in [9.17, 15) is 0 Å². The fourth-order valence-corrected chi connectivity index (χ4v) is 2.03. The van der Waals surface area contributed by atoms with E-state index in [0.29, 0.717) is 26.4 Å². The highest BCUT2D eigenvalue weighted by Crippen LogP contribution is 2.03. The van der Waals surface area contributed by atoms with Crippen molar-refractivity contribution in [1.29, 1.82) is 0 Å². The Kier molecular flexibility index (Phi) is 17.0. The smallest absolute Gasteiger partial charge is 0.0781 e. The van der Waals surface area contributed by atoms with Crippen LogP contribution in [0.5, 0.6) is 0 Å². The van der Waals surface area contributed by atoms with Gasteiger partial charge >= 0.3 is 0 Å². The standard InChI is InChI=1S/C19H40O6/c1-16(20)12-24-18(3)13-22-10-8-6-7-9-11-23-14-19(4)25-15-17(2)21-5/h16-20H,6-15H2,1-5H3/t16-,17-,18+,19+/m1/s1. The molecule has 0 aliphatic carbocycles. The Hall–Kier alpha value is -0.240. The summed E-state index contributed by atoms with van der Waals surface area (Å²) < 4.78 is 27.4. The number of aliphatic hydroxyl groups is 1. The lowest BCUT2D eigenvalue weighted by Gasteiger charge is -2.16. The molecule has 0 aliphatic rings. The van der Waals surface area contributed by atoms with Gasteiger partial charge in [0.15, 0.2) is 0 Å². The number of aliphatic hydroxyl groups excluding tert-OH is 1. The third-order valence-electron chi connectivity index (χ3n) is 3.67. The maximum Gasteiger partial charge on any atom is 0.0781 e. The highest BCUT2D eigenvalue weighted by Gasteiger charge is 2.06. The molecule has 0 bridgehead atoms. The zero-order valence-corrected chi connectivity index (χ0v) is 16.9. The summed E-state index contributed by atoms with van der Waals surface area (Å²) in [5, 5.41) is 9.13. The number of ether oxygens (including phenoxy) is 5. The fourth-order valence-electron chi connectivity index (χ4n) is 2.03. The van der Waals surface area contributed by atoms with Crippen LogP contribution in [0.3, 0.4) is 0 Å². The van der Waals surface area contributed by atoms with E-state index in [1.807, 2.05) is 20.8 Å². The first-order chi connectivity index (χ1) is 12.0. The summed E-state index contributed by atoms with van der Waals surface area (Å²) in [6.07, 6.45) is 4.23. The topological polar surface area (TPSA) is 66.4 Å². The molecule has 0 fully saturated rings. The average molecular weight is 365 g/mol. The Labute approximate surface area is 154 Å². The first kappa shape index (κ1) is 24.8. The van der Waals surface area contributed by atoms with Crippen LogP contribution in [0.4, 0.5) is 0 Å². The van der Waals surface area contributed by atoms with E-state index in [-0.39, 0.29) is 18.3 Å². The number of hydrogen-bond acceptors (Lipinski definition) is 6. The number of unbranched alkanes of at least 4 members (excludes halogenated alkanes) is 3. The molecule has 0 amide bonds. The van der Waals surface area contributed by atoms with Gasteiger partial charge in [0.1, 0.15) is 0 Å². The largest absolute Gasteiger partial charge is 0.391 e. The van der Waals surface area contributed by atoms with Gasteiger partial charge in [-0.05, 0) is 40.5 Å². The van der Waals surface area contributed by atoms with Crippen molar-refractivity contribution < 1.29 is 28.8 Å². The molecule has 0 radical (unpaired) electrons. The first-order valence-corrected chi connectivity index (χ1v) is 9.55. The van der Waals surface area contributed by atoms with E-state index in [0.717, 1.165) is 38.9 Å². The Morgan fingerprint density at radius 2 is 1.12 bits per heavy atom. The Morgan fingerprint density at radius 1 is 0.640 bits per heavy atom. The molecule has 0 saturated carbocycles. The molecule has 0 rings (SSSR count). The maximum absolute atomic E-state index is 9.13. The van der Waals surface area contributed by atoms with Crippen LogP contribution >= 0.6 is 0 Å². The molecular formula is C19H40O6. The summed E-state index contributed by atoms with van der Waals surface area (Å²) in [6.45, 7) is 11.4. The Bertz CT molecular complexity index is 275. The molecule has 0 aromatic rings. The minimum atomic E-state index is -0.423. The monoisotopic (exact) mass is 364 g/mol. The van der Waals surface area contributed by atoms with Crippen molar-refractivity contribution in [2.24, 2.45) is 0 Å². The summed E-state index contributed by atoms with van der Waals surface area (Å²) >= 11 is 0. The molecule has 4 atom stereocenters. The minimum absolute atomic E-state index is 0.0269. The molecule has 6 nitrogen and oxygen atoms in total. The zero-order chi connectivity index (χ0) is 18.9. The maximum atomic E-state index is 9.13. The van der Waals surface area contributed by atoms with Gasteiger partial charge in [0, 0.05) is 20.3 Å². The van der Waals surface area contributed by atoms with Crippen LogP contribution in [0.25, 0.3) is 0 Å². The zero-order valence-electron chi connectivity index (χ0n) is 16.9. The molecule has 6 heteroatoms. The molecule has 152 valence electrons. The van der Waals surface area contributed by atoms with Crippen molar-refractivity contribution in [2.75, 3.05) is 46.8 Å². The Morgan fingerprint density at radius 3 is 1.56 bits per heavy atom. The van der Waals surface area contributed by atoms with Crippen LogP contribution in [0, 0.1) is 0 Å². The summed E-state index contributed by atoms with van der Waals surface area (Å²) in [6, 6.07) is 0. The lowest BCUT2D eigenvalue weighted by atomic mass is 10.2. The van der Waals surface area contributed by atoms with Crippen molar-refractivity contribution in [1.82, 2.24) is 0 Å². The Balaban J connectivity index is 3.26. The van der Waals surface area contributed by atoms with E-state index in [1.165, 1.54) is 0 Å². The second-order valence-electron chi connectivity index (χ2n) is 6.75. The van der Waals surface area contributed by atoms with Crippen molar-refractivity contribution in [3.63, 3.8) is 0 Å². The molecule has 0 spiro atoms. The second kappa shape index (κ2) is 17.2. The van der Waals surface area contributed by atoms with E-state index >= 15 is 0 Å². The van der Waals surface area contributed by atoms with Crippen molar-refractivity contribution in [3.05, 3.63) is 0 Å². The third-order valence-corrected chi connectivity index (χ3v) is 3.67.